The van der Waals surface area contributed by atoms with Gasteiger partial charge in [0.05, 0.1) is 23.6 Å². The third kappa shape index (κ3) is 6.80. The zero-order chi connectivity index (χ0) is 21.2. The first-order chi connectivity index (χ1) is 13.9. The lowest BCUT2D eigenvalue weighted by Crippen LogP contribution is -2.32. The van der Waals surface area contributed by atoms with Crippen molar-refractivity contribution in [2.75, 3.05) is 26.4 Å². The predicted molar refractivity (Wildman–Crippen MR) is 104 cm³/mol. The molecule has 0 atom stereocenters. The number of nitrogens with one attached hydrogen (secondary N) is 1. The molecule has 0 saturated carbocycles. The highest BCUT2D eigenvalue weighted by Gasteiger charge is 2.15. The van der Waals surface area contributed by atoms with E-state index < -0.39 is 23.4 Å². The molecule has 0 saturated heterocycles. The number of hydrogen-bond donors (Lipinski definition) is 1. The van der Waals surface area contributed by atoms with Crippen molar-refractivity contribution in [2.24, 2.45) is 0 Å². The minimum Gasteiger partial charge on any atom is -0.494 e. The second-order valence-corrected chi connectivity index (χ2v) is 5.94. The number of nitro groups is 1. The van der Waals surface area contributed by atoms with E-state index in [1.165, 1.54) is 25.1 Å². The van der Waals surface area contributed by atoms with Gasteiger partial charge in [-0.1, -0.05) is 0 Å². The fourth-order valence-electron chi connectivity index (χ4n) is 2.41. The van der Waals surface area contributed by atoms with Crippen LogP contribution in [0.5, 0.6) is 11.5 Å². The Kier molecular flexibility index (Phi) is 7.96. The van der Waals surface area contributed by atoms with Crippen LogP contribution in [0.4, 0.5) is 5.69 Å². The van der Waals surface area contributed by atoms with Gasteiger partial charge in [0.15, 0.2) is 6.61 Å². The Morgan fingerprint density at radius 2 is 1.72 bits per heavy atom. The lowest BCUT2D eigenvalue weighted by Gasteiger charge is -2.09. The average Bonchev–Trinajstić information content (AvgIpc) is 2.70. The summed E-state index contributed by atoms with van der Waals surface area (Å²) in [6.45, 7) is 4.03. The predicted octanol–water partition coefficient (Wildman–Crippen LogP) is 2.65. The summed E-state index contributed by atoms with van der Waals surface area (Å²) in [4.78, 5) is 34.0. The van der Waals surface area contributed by atoms with Crippen molar-refractivity contribution in [3.8, 4) is 11.5 Å². The Hall–Kier alpha value is -3.62. The van der Waals surface area contributed by atoms with Crippen LogP contribution in [0.2, 0.25) is 0 Å². The second-order valence-electron chi connectivity index (χ2n) is 5.94. The fraction of sp³-hybridized carbons (Fsp3) is 0.300. The molecular weight excluding hydrogens is 380 g/mol. The normalized spacial score (nSPS) is 10.1. The minimum absolute atomic E-state index is 0.0909. The first kappa shape index (κ1) is 21.7. The molecule has 0 radical (unpaired) electrons. The monoisotopic (exact) mass is 402 g/mol. The SMILES string of the molecule is CCOc1ccc(OCCNC(=O)COC(=O)c2ccc([N+](=O)[O-])c(C)c2)cc1. The van der Waals surface area contributed by atoms with Gasteiger partial charge in [-0.05, 0) is 50.2 Å². The summed E-state index contributed by atoms with van der Waals surface area (Å²) in [5.74, 6) is 0.178. The highest BCUT2D eigenvalue weighted by molar-refractivity contribution is 5.91. The van der Waals surface area contributed by atoms with Crippen LogP contribution in [0.3, 0.4) is 0 Å². The molecule has 154 valence electrons. The van der Waals surface area contributed by atoms with Crippen molar-refractivity contribution in [3.05, 3.63) is 63.7 Å². The summed E-state index contributed by atoms with van der Waals surface area (Å²) in [5, 5.41) is 13.4. The third-order valence-electron chi connectivity index (χ3n) is 3.79. The number of esters is 1. The number of benzene rings is 2. The maximum absolute atomic E-state index is 12.0. The molecule has 9 nitrogen and oxygen atoms in total. The van der Waals surface area contributed by atoms with Crippen molar-refractivity contribution < 1.29 is 28.7 Å². The van der Waals surface area contributed by atoms with E-state index in [0.29, 0.717) is 17.9 Å². The molecule has 1 amide bonds. The molecule has 2 rings (SSSR count). The van der Waals surface area contributed by atoms with Crippen molar-refractivity contribution in [2.45, 2.75) is 13.8 Å². The highest BCUT2D eigenvalue weighted by Crippen LogP contribution is 2.19. The molecule has 9 heteroatoms. The number of ether oxygens (including phenoxy) is 3. The van der Waals surface area contributed by atoms with Gasteiger partial charge in [-0.25, -0.2) is 4.79 Å². The summed E-state index contributed by atoms with van der Waals surface area (Å²) in [7, 11) is 0. The standard InChI is InChI=1S/C20H22N2O7/c1-3-27-16-5-7-17(8-6-16)28-11-10-21-19(23)13-29-20(24)15-4-9-18(22(25)26)14(2)12-15/h4-9,12H,3,10-11,13H2,1-2H3,(H,21,23). The van der Waals surface area contributed by atoms with Crippen molar-refractivity contribution in [1.29, 1.82) is 0 Å². The van der Waals surface area contributed by atoms with Gasteiger partial charge >= 0.3 is 5.97 Å². The van der Waals surface area contributed by atoms with E-state index in [-0.39, 0.29) is 24.4 Å². The van der Waals surface area contributed by atoms with Gasteiger partial charge in [0.2, 0.25) is 0 Å². The Bertz CT molecular complexity index is 866. The van der Waals surface area contributed by atoms with E-state index in [4.69, 9.17) is 14.2 Å². The van der Waals surface area contributed by atoms with E-state index in [2.05, 4.69) is 5.32 Å². The van der Waals surface area contributed by atoms with Gasteiger partial charge in [0, 0.05) is 11.6 Å². The van der Waals surface area contributed by atoms with Gasteiger partial charge in [-0.2, -0.15) is 0 Å². The number of rotatable bonds is 10. The summed E-state index contributed by atoms with van der Waals surface area (Å²) in [5.41, 5.74) is 0.381. The summed E-state index contributed by atoms with van der Waals surface area (Å²) < 4.78 is 15.8. The molecule has 0 unspecified atom stereocenters. The van der Waals surface area contributed by atoms with Crippen LogP contribution in [0.15, 0.2) is 42.5 Å². The summed E-state index contributed by atoms with van der Waals surface area (Å²) in [6, 6.07) is 11.0. The van der Waals surface area contributed by atoms with E-state index in [9.17, 15) is 19.7 Å². The molecule has 29 heavy (non-hydrogen) atoms. The number of nitro benzene ring substituents is 1. The number of hydrogen-bond acceptors (Lipinski definition) is 7. The largest absolute Gasteiger partial charge is 0.494 e. The molecule has 0 heterocycles. The zero-order valence-electron chi connectivity index (χ0n) is 16.2. The van der Waals surface area contributed by atoms with E-state index in [1.54, 1.807) is 24.3 Å². The fourth-order valence-corrected chi connectivity index (χ4v) is 2.41. The molecule has 1 N–H and O–H groups in total. The second kappa shape index (κ2) is 10.6. The van der Waals surface area contributed by atoms with Crippen molar-refractivity contribution in [3.63, 3.8) is 0 Å². The van der Waals surface area contributed by atoms with Gasteiger partial charge in [0.25, 0.3) is 11.6 Å². The molecule has 0 aliphatic carbocycles. The lowest BCUT2D eigenvalue weighted by atomic mass is 10.1. The van der Waals surface area contributed by atoms with Crippen LogP contribution in [0.1, 0.15) is 22.8 Å². The van der Waals surface area contributed by atoms with Crippen molar-refractivity contribution in [1.82, 2.24) is 5.32 Å². The maximum Gasteiger partial charge on any atom is 0.338 e. The molecule has 0 aliphatic rings. The Balaban J connectivity index is 1.69. The number of carbonyl (C=O) groups is 2. The van der Waals surface area contributed by atoms with E-state index in [0.717, 1.165) is 5.75 Å². The Morgan fingerprint density at radius 3 is 2.31 bits per heavy atom. The number of carbonyl (C=O) groups excluding carboxylic acids is 2. The number of nitrogens with zero attached hydrogens (tertiary/aromatic N) is 1. The number of aryl methyl sites for hydroxylation is 1. The summed E-state index contributed by atoms with van der Waals surface area (Å²) in [6.07, 6.45) is 0. The molecule has 2 aromatic carbocycles. The Labute approximate surface area is 167 Å². The maximum atomic E-state index is 12.0. The topological polar surface area (TPSA) is 117 Å². The molecule has 2 aromatic rings. The van der Waals surface area contributed by atoms with Crippen molar-refractivity contribution >= 4 is 17.6 Å². The van der Waals surface area contributed by atoms with Crippen LogP contribution in [0.25, 0.3) is 0 Å². The number of amides is 1. The van der Waals surface area contributed by atoms with Gasteiger partial charge < -0.3 is 19.5 Å². The quantitative estimate of drug-likeness (QED) is 0.281. The molecular formula is C20H22N2O7. The summed E-state index contributed by atoms with van der Waals surface area (Å²) >= 11 is 0. The van der Waals surface area contributed by atoms with E-state index in [1.807, 2.05) is 6.92 Å². The van der Waals surface area contributed by atoms with Crippen LogP contribution < -0.4 is 14.8 Å². The smallest absolute Gasteiger partial charge is 0.338 e. The first-order valence-corrected chi connectivity index (χ1v) is 8.95. The van der Waals surface area contributed by atoms with Gasteiger partial charge in [-0.15, -0.1) is 0 Å². The van der Waals surface area contributed by atoms with Crippen LogP contribution in [-0.2, 0) is 9.53 Å². The van der Waals surface area contributed by atoms with Crippen LogP contribution in [-0.4, -0.2) is 43.2 Å². The third-order valence-corrected chi connectivity index (χ3v) is 3.79. The molecule has 0 spiro atoms. The first-order valence-electron chi connectivity index (χ1n) is 8.95. The molecule has 0 bridgehead atoms. The average molecular weight is 402 g/mol. The van der Waals surface area contributed by atoms with Crippen LogP contribution >= 0.6 is 0 Å². The lowest BCUT2D eigenvalue weighted by molar-refractivity contribution is -0.385. The molecule has 0 fully saturated rings. The molecule has 0 aliphatic heterocycles. The molecule has 0 aromatic heterocycles. The highest BCUT2D eigenvalue weighted by atomic mass is 16.6. The minimum atomic E-state index is -0.733. The van der Waals surface area contributed by atoms with E-state index >= 15 is 0 Å². The van der Waals surface area contributed by atoms with Gasteiger partial charge in [0.1, 0.15) is 18.1 Å². The zero-order valence-corrected chi connectivity index (χ0v) is 16.2. The Morgan fingerprint density at radius 1 is 1.07 bits per heavy atom. The van der Waals surface area contributed by atoms with Crippen LogP contribution in [0, 0.1) is 17.0 Å². The van der Waals surface area contributed by atoms with Gasteiger partial charge in [-0.3, -0.25) is 14.9 Å².